The van der Waals surface area contributed by atoms with Crippen LogP contribution in [0.25, 0.3) is 6.08 Å². The van der Waals surface area contributed by atoms with Crippen molar-refractivity contribution in [2.24, 2.45) is 0 Å². The molecule has 0 bridgehead atoms. The maximum Gasteiger partial charge on any atom is 0.294 e. The topological polar surface area (TPSA) is 37.4 Å². The first kappa shape index (κ1) is 9.65. The summed E-state index contributed by atoms with van der Waals surface area (Å²) in [4.78, 5) is 24.1. The minimum absolute atomic E-state index is 0.388. The van der Waals surface area contributed by atoms with Gasteiger partial charge in [0.1, 0.15) is 0 Å². The normalized spacial score (nSPS) is 19.0. The lowest BCUT2D eigenvalue weighted by Crippen LogP contribution is -2.22. The second kappa shape index (κ2) is 3.69. The molecule has 3 heteroatoms. The predicted octanol–water partition coefficient (Wildman–Crippen LogP) is 1.11. The lowest BCUT2D eigenvalue weighted by Gasteiger charge is -2.02. The molecule has 0 aromatic heterocycles. The molecule has 0 N–H and O–H groups in total. The van der Waals surface area contributed by atoms with Crippen LogP contribution in [0, 0.1) is 0 Å². The van der Waals surface area contributed by atoms with Crippen LogP contribution in [0.15, 0.2) is 35.9 Å². The Balaban J connectivity index is 2.30. The lowest BCUT2D eigenvalue weighted by atomic mass is 10.1. The SMILES string of the molecule is CN1C/C(=C\c2ccccc2)C(=O)C1=O. The molecule has 3 nitrogen and oxygen atoms in total. The first-order valence-corrected chi connectivity index (χ1v) is 4.74. The third kappa shape index (κ3) is 1.81. The van der Waals surface area contributed by atoms with Crippen LogP contribution < -0.4 is 0 Å². The number of carbonyl (C=O) groups is 2. The molecule has 1 amide bonds. The molecule has 76 valence electrons. The van der Waals surface area contributed by atoms with Gasteiger partial charge in [-0.3, -0.25) is 9.59 Å². The fourth-order valence-electron chi connectivity index (χ4n) is 1.57. The van der Waals surface area contributed by atoms with Crippen molar-refractivity contribution in [3.63, 3.8) is 0 Å². The van der Waals surface area contributed by atoms with Crippen LogP contribution >= 0.6 is 0 Å². The molecule has 2 rings (SSSR count). The number of ketones is 1. The van der Waals surface area contributed by atoms with Crippen molar-refractivity contribution < 1.29 is 9.59 Å². The van der Waals surface area contributed by atoms with Crippen molar-refractivity contribution in [3.8, 4) is 0 Å². The van der Waals surface area contributed by atoms with Gasteiger partial charge in [-0.05, 0) is 11.6 Å². The van der Waals surface area contributed by atoms with Crippen LogP contribution in [0.2, 0.25) is 0 Å². The summed E-state index contributed by atoms with van der Waals surface area (Å²) in [6, 6.07) is 9.52. The smallest absolute Gasteiger partial charge is 0.294 e. The standard InChI is InChI=1S/C12H11NO2/c1-13-8-10(11(14)12(13)15)7-9-5-3-2-4-6-9/h2-7H,8H2,1H3/b10-7+. The minimum Gasteiger partial charge on any atom is -0.334 e. The number of nitrogens with zero attached hydrogens (tertiary/aromatic N) is 1. The molecule has 0 atom stereocenters. The molecule has 1 aromatic rings. The fourth-order valence-corrected chi connectivity index (χ4v) is 1.57. The largest absolute Gasteiger partial charge is 0.334 e. The Morgan fingerprint density at radius 1 is 1.20 bits per heavy atom. The zero-order valence-electron chi connectivity index (χ0n) is 8.43. The molecule has 0 spiro atoms. The minimum atomic E-state index is -0.419. The van der Waals surface area contributed by atoms with Gasteiger partial charge in [0, 0.05) is 19.2 Å². The van der Waals surface area contributed by atoms with Crippen molar-refractivity contribution in [3.05, 3.63) is 41.5 Å². The monoisotopic (exact) mass is 201 g/mol. The van der Waals surface area contributed by atoms with Gasteiger partial charge in [-0.1, -0.05) is 30.3 Å². The van der Waals surface area contributed by atoms with Crippen LogP contribution in [0.3, 0.4) is 0 Å². The van der Waals surface area contributed by atoms with Crippen molar-refractivity contribution in [1.29, 1.82) is 0 Å². The number of rotatable bonds is 1. The van der Waals surface area contributed by atoms with E-state index in [0.717, 1.165) is 5.56 Å². The maximum atomic E-state index is 11.5. The second-order valence-electron chi connectivity index (χ2n) is 3.57. The Labute approximate surface area is 88.0 Å². The van der Waals surface area contributed by atoms with E-state index in [2.05, 4.69) is 0 Å². The highest BCUT2D eigenvalue weighted by Crippen LogP contribution is 2.15. The van der Waals surface area contributed by atoms with Crippen molar-refractivity contribution in [2.45, 2.75) is 0 Å². The molecule has 1 aromatic carbocycles. The first-order chi connectivity index (χ1) is 7.18. The van der Waals surface area contributed by atoms with E-state index < -0.39 is 5.91 Å². The Morgan fingerprint density at radius 2 is 1.87 bits per heavy atom. The van der Waals surface area contributed by atoms with E-state index in [4.69, 9.17) is 0 Å². The first-order valence-electron chi connectivity index (χ1n) is 4.74. The van der Waals surface area contributed by atoms with Gasteiger partial charge >= 0.3 is 0 Å². The predicted molar refractivity (Wildman–Crippen MR) is 57.1 cm³/mol. The number of likely N-dealkylation sites (N-methyl/N-ethyl adjacent to an activating group) is 1. The van der Waals surface area contributed by atoms with Gasteiger partial charge in [0.05, 0.1) is 0 Å². The maximum absolute atomic E-state index is 11.5. The van der Waals surface area contributed by atoms with Crippen molar-refractivity contribution in [2.75, 3.05) is 13.6 Å². The second-order valence-corrected chi connectivity index (χ2v) is 3.57. The summed E-state index contributed by atoms with van der Waals surface area (Å²) in [5.74, 6) is -0.807. The lowest BCUT2D eigenvalue weighted by molar-refractivity contribution is -0.138. The summed E-state index contributed by atoms with van der Waals surface area (Å²) in [5.41, 5.74) is 1.51. The van der Waals surface area contributed by atoms with Gasteiger partial charge in [0.25, 0.3) is 5.91 Å². The average Bonchev–Trinajstić information content (AvgIpc) is 2.48. The number of likely N-dealkylation sites (tertiary alicyclic amines) is 1. The summed E-state index contributed by atoms with van der Waals surface area (Å²) in [7, 11) is 1.63. The number of carbonyl (C=O) groups excluding carboxylic acids is 2. The van der Waals surface area contributed by atoms with E-state index in [0.29, 0.717) is 12.1 Å². The highest BCUT2D eigenvalue weighted by atomic mass is 16.2. The van der Waals surface area contributed by atoms with E-state index in [9.17, 15) is 9.59 Å². The number of hydrogen-bond acceptors (Lipinski definition) is 2. The average molecular weight is 201 g/mol. The molecule has 0 saturated carbocycles. The summed E-state index contributed by atoms with van der Waals surface area (Å²) in [6.07, 6.45) is 1.77. The summed E-state index contributed by atoms with van der Waals surface area (Å²) in [5, 5.41) is 0. The molecule has 1 aliphatic heterocycles. The van der Waals surface area contributed by atoms with Crippen molar-refractivity contribution >= 4 is 17.8 Å². The van der Waals surface area contributed by atoms with Gasteiger partial charge in [0.2, 0.25) is 5.78 Å². The Bertz CT molecular complexity index is 434. The quantitative estimate of drug-likeness (QED) is 0.504. The van der Waals surface area contributed by atoms with Gasteiger partial charge in [-0.25, -0.2) is 0 Å². The highest BCUT2D eigenvalue weighted by molar-refractivity contribution is 6.45. The van der Waals surface area contributed by atoms with Crippen molar-refractivity contribution in [1.82, 2.24) is 4.90 Å². The fraction of sp³-hybridized carbons (Fsp3) is 0.167. The summed E-state index contributed by atoms with van der Waals surface area (Å²) in [6.45, 7) is 0.409. The van der Waals surface area contributed by atoms with Gasteiger partial charge in [-0.15, -0.1) is 0 Å². The zero-order chi connectivity index (χ0) is 10.8. The molecular formula is C12H11NO2. The summed E-state index contributed by atoms with van der Waals surface area (Å²) >= 11 is 0. The molecule has 1 heterocycles. The molecule has 1 aliphatic rings. The van der Waals surface area contributed by atoms with Gasteiger partial charge in [0.15, 0.2) is 0 Å². The van der Waals surface area contributed by atoms with Crippen LogP contribution in [0.5, 0.6) is 0 Å². The van der Waals surface area contributed by atoms with Crippen LogP contribution in [0.1, 0.15) is 5.56 Å². The zero-order valence-corrected chi connectivity index (χ0v) is 8.43. The third-order valence-electron chi connectivity index (χ3n) is 2.38. The van der Waals surface area contributed by atoms with Crippen LogP contribution in [0.4, 0.5) is 0 Å². The van der Waals surface area contributed by atoms with Gasteiger partial charge < -0.3 is 4.90 Å². The number of hydrogen-bond donors (Lipinski definition) is 0. The molecular weight excluding hydrogens is 190 g/mol. The Hall–Kier alpha value is -1.90. The molecule has 0 radical (unpaired) electrons. The molecule has 0 unspecified atom stereocenters. The molecule has 1 saturated heterocycles. The third-order valence-corrected chi connectivity index (χ3v) is 2.38. The Morgan fingerprint density at radius 3 is 2.40 bits per heavy atom. The number of amides is 1. The number of Topliss-reactive ketones (excluding diaryl/α,β-unsaturated/α-hetero) is 1. The van der Waals surface area contributed by atoms with Crippen LogP contribution in [-0.4, -0.2) is 30.2 Å². The van der Waals surface area contributed by atoms with E-state index in [1.807, 2.05) is 30.3 Å². The highest BCUT2D eigenvalue weighted by Gasteiger charge is 2.31. The molecule has 15 heavy (non-hydrogen) atoms. The molecule has 0 aliphatic carbocycles. The van der Waals surface area contributed by atoms with E-state index in [1.54, 1.807) is 13.1 Å². The van der Waals surface area contributed by atoms with E-state index in [1.165, 1.54) is 4.90 Å². The number of benzene rings is 1. The molecule has 1 fully saturated rings. The Kier molecular flexibility index (Phi) is 2.37. The van der Waals surface area contributed by atoms with Gasteiger partial charge in [-0.2, -0.15) is 0 Å². The van der Waals surface area contributed by atoms with Crippen LogP contribution in [-0.2, 0) is 9.59 Å². The summed E-state index contributed by atoms with van der Waals surface area (Å²) < 4.78 is 0. The van der Waals surface area contributed by atoms with E-state index in [-0.39, 0.29) is 5.78 Å². The van der Waals surface area contributed by atoms with E-state index >= 15 is 0 Å².